The van der Waals surface area contributed by atoms with Gasteiger partial charge in [-0.1, -0.05) is 30.3 Å². The monoisotopic (exact) mass is 282 g/mol. The van der Waals surface area contributed by atoms with Crippen molar-refractivity contribution in [3.8, 4) is 0 Å². The maximum absolute atomic E-state index is 5.91. The Labute approximate surface area is 126 Å². The van der Waals surface area contributed by atoms with E-state index in [1.54, 1.807) is 6.20 Å². The molecule has 4 heteroatoms. The minimum Gasteiger partial charge on any atom is -0.382 e. The van der Waals surface area contributed by atoms with E-state index in [4.69, 9.17) is 5.73 Å². The predicted molar refractivity (Wildman–Crippen MR) is 87.0 cm³/mol. The quantitative estimate of drug-likeness (QED) is 0.905. The number of pyridine rings is 1. The predicted octanol–water partition coefficient (Wildman–Crippen LogP) is 2.74. The van der Waals surface area contributed by atoms with Crippen LogP contribution in [0.25, 0.3) is 0 Å². The van der Waals surface area contributed by atoms with Crippen molar-refractivity contribution in [2.75, 3.05) is 24.1 Å². The Kier molecular flexibility index (Phi) is 4.36. The van der Waals surface area contributed by atoms with E-state index < -0.39 is 0 Å². The fraction of sp³-hybridized carbons (Fsp3) is 0.353. The normalized spacial score (nSPS) is 19.3. The van der Waals surface area contributed by atoms with Gasteiger partial charge in [-0.2, -0.15) is 0 Å². The van der Waals surface area contributed by atoms with Crippen LogP contribution < -0.4 is 11.1 Å². The molecule has 1 fully saturated rings. The molecule has 1 aromatic heterocycles. The topological polar surface area (TPSA) is 54.2 Å². The third kappa shape index (κ3) is 3.73. The van der Waals surface area contributed by atoms with Crippen molar-refractivity contribution < 1.29 is 0 Å². The number of nitrogen functional groups attached to an aromatic ring is 1. The lowest BCUT2D eigenvalue weighted by Gasteiger charge is -2.33. The Morgan fingerprint density at radius 1 is 1.19 bits per heavy atom. The van der Waals surface area contributed by atoms with Gasteiger partial charge < -0.3 is 11.1 Å². The third-order valence-electron chi connectivity index (χ3n) is 3.95. The van der Waals surface area contributed by atoms with E-state index in [-0.39, 0.29) is 0 Å². The molecule has 1 unspecified atom stereocenters. The van der Waals surface area contributed by atoms with Gasteiger partial charge in [0, 0.05) is 25.3 Å². The number of hydrogen-bond donors (Lipinski definition) is 2. The van der Waals surface area contributed by atoms with Gasteiger partial charge in [0.25, 0.3) is 0 Å². The maximum Gasteiger partial charge on any atom is 0.146 e. The van der Waals surface area contributed by atoms with E-state index in [9.17, 15) is 0 Å². The summed E-state index contributed by atoms with van der Waals surface area (Å²) in [6, 6.07) is 15.0. The SMILES string of the molecule is Nc1ncccc1NC1CCCN(Cc2ccccc2)C1. The number of nitrogens with one attached hydrogen (secondary N) is 1. The molecule has 110 valence electrons. The van der Waals surface area contributed by atoms with Crippen LogP contribution in [0.2, 0.25) is 0 Å². The van der Waals surface area contributed by atoms with Crippen LogP contribution in [0.4, 0.5) is 11.5 Å². The molecule has 0 bridgehead atoms. The van der Waals surface area contributed by atoms with E-state index in [0.717, 1.165) is 25.3 Å². The molecular formula is C17H22N4. The Morgan fingerprint density at radius 3 is 2.86 bits per heavy atom. The van der Waals surface area contributed by atoms with E-state index in [1.807, 2.05) is 12.1 Å². The second kappa shape index (κ2) is 6.59. The molecule has 3 N–H and O–H groups in total. The molecular weight excluding hydrogens is 260 g/mol. The fourth-order valence-corrected chi connectivity index (χ4v) is 2.92. The minimum absolute atomic E-state index is 0.439. The van der Waals surface area contributed by atoms with Crippen LogP contribution in [-0.2, 0) is 6.54 Å². The summed E-state index contributed by atoms with van der Waals surface area (Å²) in [7, 11) is 0. The molecule has 1 aliphatic rings. The molecule has 4 nitrogen and oxygen atoms in total. The summed E-state index contributed by atoms with van der Waals surface area (Å²) in [4.78, 5) is 6.64. The number of aromatic nitrogens is 1. The maximum atomic E-state index is 5.91. The van der Waals surface area contributed by atoms with Crippen molar-refractivity contribution in [3.05, 3.63) is 54.2 Å². The largest absolute Gasteiger partial charge is 0.382 e. The Balaban J connectivity index is 1.60. The number of benzene rings is 1. The number of rotatable bonds is 4. The molecule has 0 radical (unpaired) electrons. The van der Waals surface area contributed by atoms with E-state index in [0.29, 0.717) is 11.9 Å². The highest BCUT2D eigenvalue weighted by Gasteiger charge is 2.20. The standard InChI is InChI=1S/C17H22N4/c18-17-16(9-4-10-19-17)20-15-8-5-11-21(13-15)12-14-6-2-1-3-7-14/h1-4,6-7,9-10,15,20H,5,8,11-13H2,(H2,18,19). The van der Waals surface area contributed by atoms with Crippen molar-refractivity contribution in [2.45, 2.75) is 25.4 Å². The van der Waals surface area contributed by atoms with Crippen LogP contribution in [0.5, 0.6) is 0 Å². The van der Waals surface area contributed by atoms with Gasteiger partial charge in [-0.15, -0.1) is 0 Å². The van der Waals surface area contributed by atoms with Gasteiger partial charge in [0.1, 0.15) is 5.82 Å². The summed E-state index contributed by atoms with van der Waals surface area (Å²) < 4.78 is 0. The summed E-state index contributed by atoms with van der Waals surface area (Å²) in [5.74, 6) is 0.581. The molecule has 21 heavy (non-hydrogen) atoms. The fourth-order valence-electron chi connectivity index (χ4n) is 2.92. The van der Waals surface area contributed by atoms with Crippen LogP contribution in [0.3, 0.4) is 0 Å². The first kappa shape index (κ1) is 13.9. The average Bonchev–Trinajstić information content (AvgIpc) is 2.51. The number of piperidine rings is 1. The molecule has 0 amide bonds. The zero-order valence-corrected chi connectivity index (χ0v) is 12.2. The minimum atomic E-state index is 0.439. The van der Waals surface area contributed by atoms with Crippen LogP contribution >= 0.6 is 0 Å². The Morgan fingerprint density at radius 2 is 2.05 bits per heavy atom. The van der Waals surface area contributed by atoms with Gasteiger partial charge in [0.2, 0.25) is 0 Å². The molecule has 0 saturated carbocycles. The van der Waals surface area contributed by atoms with E-state index >= 15 is 0 Å². The number of hydrogen-bond acceptors (Lipinski definition) is 4. The van der Waals surface area contributed by atoms with Gasteiger partial charge >= 0.3 is 0 Å². The first-order valence-electron chi connectivity index (χ1n) is 7.54. The van der Waals surface area contributed by atoms with E-state index in [2.05, 4.69) is 45.5 Å². The Hall–Kier alpha value is -2.07. The molecule has 2 heterocycles. The molecule has 0 aliphatic carbocycles. The summed E-state index contributed by atoms with van der Waals surface area (Å²) >= 11 is 0. The lowest BCUT2D eigenvalue weighted by Crippen LogP contribution is -2.41. The lowest BCUT2D eigenvalue weighted by atomic mass is 10.0. The van der Waals surface area contributed by atoms with Crippen molar-refractivity contribution in [3.63, 3.8) is 0 Å². The van der Waals surface area contributed by atoms with Gasteiger partial charge in [0.15, 0.2) is 0 Å². The number of anilines is 2. The number of nitrogens with zero attached hydrogens (tertiary/aromatic N) is 2. The lowest BCUT2D eigenvalue weighted by molar-refractivity contribution is 0.208. The average molecular weight is 282 g/mol. The highest BCUT2D eigenvalue weighted by Crippen LogP contribution is 2.20. The summed E-state index contributed by atoms with van der Waals surface area (Å²) in [5.41, 5.74) is 8.23. The summed E-state index contributed by atoms with van der Waals surface area (Å²) in [5, 5.41) is 3.54. The third-order valence-corrected chi connectivity index (χ3v) is 3.95. The van der Waals surface area contributed by atoms with E-state index in [1.165, 1.54) is 18.4 Å². The zero-order valence-electron chi connectivity index (χ0n) is 12.2. The van der Waals surface area contributed by atoms with Crippen LogP contribution in [0, 0.1) is 0 Å². The van der Waals surface area contributed by atoms with Crippen LogP contribution in [0.15, 0.2) is 48.7 Å². The van der Waals surface area contributed by atoms with Crippen molar-refractivity contribution in [1.29, 1.82) is 0 Å². The van der Waals surface area contributed by atoms with Gasteiger partial charge in [-0.05, 0) is 37.1 Å². The highest BCUT2D eigenvalue weighted by molar-refractivity contribution is 5.61. The molecule has 1 saturated heterocycles. The van der Waals surface area contributed by atoms with Gasteiger partial charge in [-0.3, -0.25) is 4.90 Å². The highest BCUT2D eigenvalue weighted by atomic mass is 15.2. The first-order chi connectivity index (χ1) is 10.3. The number of nitrogens with two attached hydrogens (primary N) is 1. The van der Waals surface area contributed by atoms with Gasteiger partial charge in [-0.25, -0.2) is 4.98 Å². The summed E-state index contributed by atoms with van der Waals surface area (Å²) in [6.07, 6.45) is 4.12. The summed E-state index contributed by atoms with van der Waals surface area (Å²) in [6.45, 7) is 3.22. The molecule has 1 aromatic carbocycles. The molecule has 3 rings (SSSR count). The van der Waals surface area contributed by atoms with Crippen LogP contribution in [-0.4, -0.2) is 29.0 Å². The molecule has 1 atom stereocenters. The molecule has 2 aromatic rings. The molecule has 1 aliphatic heterocycles. The van der Waals surface area contributed by atoms with Crippen LogP contribution in [0.1, 0.15) is 18.4 Å². The van der Waals surface area contributed by atoms with Crippen molar-refractivity contribution in [1.82, 2.24) is 9.88 Å². The Bertz CT molecular complexity index is 570. The first-order valence-corrected chi connectivity index (χ1v) is 7.54. The van der Waals surface area contributed by atoms with Gasteiger partial charge in [0.05, 0.1) is 5.69 Å². The van der Waals surface area contributed by atoms with Crippen molar-refractivity contribution >= 4 is 11.5 Å². The molecule has 0 spiro atoms. The second-order valence-electron chi connectivity index (χ2n) is 5.64. The second-order valence-corrected chi connectivity index (χ2v) is 5.64. The smallest absolute Gasteiger partial charge is 0.146 e. The zero-order chi connectivity index (χ0) is 14.5. The number of likely N-dealkylation sites (tertiary alicyclic amines) is 1. The van der Waals surface area contributed by atoms with Crippen molar-refractivity contribution in [2.24, 2.45) is 0 Å².